The zero-order valence-electron chi connectivity index (χ0n) is 10.4. The van der Waals surface area contributed by atoms with E-state index in [-0.39, 0.29) is 5.49 Å². The van der Waals surface area contributed by atoms with E-state index in [4.69, 9.17) is 25.4 Å². The minimum atomic E-state index is -3.29. The summed E-state index contributed by atoms with van der Waals surface area (Å²) in [5, 5.41) is 0.893. The topological polar surface area (TPSA) is 75.4 Å². The summed E-state index contributed by atoms with van der Waals surface area (Å²) in [6, 6.07) is 3.39. The molecule has 0 aliphatic carbocycles. The molecule has 1 rings (SSSR count). The summed E-state index contributed by atoms with van der Waals surface area (Å²) in [6.45, 7) is 4.28. The van der Waals surface area contributed by atoms with Crippen LogP contribution in [0.2, 0.25) is 5.02 Å². The number of hydrogen-bond acceptors (Lipinski definition) is 5. The molecule has 0 spiro atoms. The van der Waals surface area contributed by atoms with Crippen molar-refractivity contribution in [3.63, 3.8) is 0 Å². The van der Waals surface area contributed by atoms with Crippen molar-refractivity contribution in [3.8, 4) is 0 Å². The van der Waals surface area contributed by atoms with Crippen LogP contribution in [-0.2, 0) is 19.7 Å². The van der Waals surface area contributed by atoms with Crippen LogP contribution in [0.15, 0.2) is 23.4 Å². The molecule has 0 amide bonds. The molecule has 8 heteroatoms. The molecule has 1 unspecified atom stereocenters. The van der Waals surface area contributed by atoms with Gasteiger partial charge in [-0.3, -0.25) is 0 Å². The van der Waals surface area contributed by atoms with Crippen molar-refractivity contribution in [2.75, 3.05) is 18.7 Å². The number of aromatic nitrogens is 1. The Balaban J connectivity index is 2.82. The fourth-order valence-electron chi connectivity index (χ4n) is 1.38. The van der Waals surface area contributed by atoms with Crippen molar-refractivity contribution in [2.45, 2.75) is 18.9 Å². The van der Waals surface area contributed by atoms with E-state index < -0.39 is 18.6 Å². The molecule has 0 bridgehead atoms. The van der Waals surface area contributed by atoms with Crippen molar-refractivity contribution in [3.05, 3.63) is 23.4 Å². The van der Waals surface area contributed by atoms with Crippen LogP contribution < -0.4 is 0 Å². The first-order valence-electron chi connectivity index (χ1n) is 5.55. The fourth-order valence-corrected chi connectivity index (χ4v) is 5.93. The van der Waals surface area contributed by atoms with Crippen LogP contribution in [0.3, 0.4) is 0 Å². The molecule has 0 saturated carbocycles. The van der Waals surface area contributed by atoms with Crippen molar-refractivity contribution in [2.24, 2.45) is 0 Å². The van der Waals surface area contributed by atoms with E-state index in [1.807, 2.05) is 0 Å². The Morgan fingerprint density at radius 3 is 2.56 bits per heavy atom. The zero-order chi connectivity index (χ0) is 13.6. The van der Waals surface area contributed by atoms with E-state index in [0.29, 0.717) is 23.3 Å². The van der Waals surface area contributed by atoms with Crippen molar-refractivity contribution in [1.29, 1.82) is 4.78 Å². The molecule has 2 N–H and O–H groups in total. The van der Waals surface area contributed by atoms with Crippen molar-refractivity contribution in [1.82, 2.24) is 4.98 Å². The Hall–Kier alpha value is -0.100. The van der Waals surface area contributed by atoms with Gasteiger partial charge in [-0.2, -0.15) is 0 Å². The number of halogens is 1. The van der Waals surface area contributed by atoms with Crippen LogP contribution in [0.1, 0.15) is 13.8 Å². The molecule has 0 aromatic carbocycles. The third-order valence-corrected chi connectivity index (χ3v) is 7.33. The van der Waals surface area contributed by atoms with Gasteiger partial charge in [-0.25, -0.2) is 0 Å². The molecule has 0 saturated heterocycles. The second-order valence-electron chi connectivity index (χ2n) is 3.40. The van der Waals surface area contributed by atoms with Crippen LogP contribution in [0.5, 0.6) is 0 Å². The average Bonchev–Trinajstić information content (AvgIpc) is 2.29. The molecule has 1 aromatic heterocycles. The van der Waals surface area contributed by atoms with Crippen molar-refractivity contribution >= 4 is 30.2 Å². The first-order valence-corrected chi connectivity index (χ1v) is 9.29. The standard InChI is InChI=1S/C10H18ClN2O3PS/c1-3-15-17(14,16-4-2)8-18(12)10-9(11)6-5-7-13-10/h5-7,12,14,17H,3-4,8H2,1-2H3. The summed E-state index contributed by atoms with van der Waals surface area (Å²) < 4.78 is 18.6. The monoisotopic (exact) mass is 312 g/mol. The van der Waals surface area contributed by atoms with E-state index >= 15 is 0 Å². The second-order valence-corrected chi connectivity index (χ2v) is 8.14. The number of nitrogens with one attached hydrogen (secondary N) is 1. The SMILES string of the molecule is CCO[PH](O)(CS(=N)c1ncccc1Cl)OCC. The Morgan fingerprint density at radius 2 is 2.06 bits per heavy atom. The van der Waals surface area contributed by atoms with Gasteiger partial charge in [-0.05, 0) is 0 Å². The Labute approximate surface area is 115 Å². The summed E-state index contributed by atoms with van der Waals surface area (Å²) in [4.78, 5) is 14.3. The molecule has 0 aliphatic rings. The number of nitrogens with zero attached hydrogens (tertiary/aromatic N) is 1. The van der Waals surface area contributed by atoms with E-state index in [2.05, 4.69) is 4.98 Å². The molecule has 1 heterocycles. The van der Waals surface area contributed by atoms with Gasteiger partial charge in [0.05, 0.1) is 0 Å². The van der Waals surface area contributed by atoms with E-state index in [9.17, 15) is 4.89 Å². The molecule has 0 aliphatic heterocycles. The number of pyridine rings is 1. The van der Waals surface area contributed by atoms with E-state index in [0.717, 1.165) is 0 Å². The normalized spacial score (nSPS) is 14.4. The zero-order valence-corrected chi connectivity index (χ0v) is 12.9. The summed E-state index contributed by atoms with van der Waals surface area (Å²) in [6.07, 6.45) is 1.58. The third kappa shape index (κ3) is 4.53. The molecule has 1 aromatic rings. The van der Waals surface area contributed by atoms with Gasteiger partial charge < -0.3 is 0 Å². The van der Waals surface area contributed by atoms with Crippen LogP contribution in [0.25, 0.3) is 0 Å². The van der Waals surface area contributed by atoms with E-state index in [1.54, 1.807) is 32.2 Å². The van der Waals surface area contributed by atoms with Gasteiger partial charge in [-0.15, -0.1) is 0 Å². The minimum absolute atomic E-state index is 0.116. The molecular formula is C10H18ClN2O3PS. The van der Waals surface area contributed by atoms with Gasteiger partial charge >= 0.3 is 115 Å². The average molecular weight is 313 g/mol. The molecule has 104 valence electrons. The van der Waals surface area contributed by atoms with Crippen LogP contribution >= 0.6 is 19.5 Å². The summed E-state index contributed by atoms with van der Waals surface area (Å²) in [5.41, 5.74) is 0.116. The Morgan fingerprint density at radius 1 is 1.44 bits per heavy atom. The molecular weight excluding hydrogens is 295 g/mol. The second kappa shape index (κ2) is 7.48. The molecule has 1 atom stereocenters. The van der Waals surface area contributed by atoms with Gasteiger partial charge in [0.25, 0.3) is 0 Å². The maximum absolute atomic E-state index is 10.2. The van der Waals surface area contributed by atoms with Gasteiger partial charge in [0.1, 0.15) is 0 Å². The molecule has 0 fully saturated rings. The third-order valence-electron chi connectivity index (χ3n) is 2.02. The quantitative estimate of drug-likeness (QED) is 0.759. The summed E-state index contributed by atoms with van der Waals surface area (Å²) >= 11 is 5.98. The molecule has 5 nitrogen and oxygen atoms in total. The van der Waals surface area contributed by atoms with Crippen LogP contribution in [-0.4, -0.2) is 28.6 Å². The van der Waals surface area contributed by atoms with E-state index in [1.165, 1.54) is 0 Å². The predicted octanol–water partition coefficient (Wildman–Crippen LogP) is 2.99. The van der Waals surface area contributed by atoms with Crippen molar-refractivity contribution < 1.29 is 13.9 Å². The number of rotatable bonds is 7. The van der Waals surface area contributed by atoms with Crippen LogP contribution in [0.4, 0.5) is 0 Å². The first kappa shape index (κ1) is 16.0. The molecule has 0 radical (unpaired) electrons. The van der Waals surface area contributed by atoms with Crippen LogP contribution in [0, 0.1) is 4.78 Å². The van der Waals surface area contributed by atoms with Gasteiger partial charge in [0, 0.05) is 0 Å². The first-order chi connectivity index (χ1) is 8.52. The predicted molar refractivity (Wildman–Crippen MR) is 76.3 cm³/mol. The summed E-state index contributed by atoms with van der Waals surface area (Å²) in [5.74, 6) is 0. The maximum atomic E-state index is 10.2. The molecule has 18 heavy (non-hydrogen) atoms. The summed E-state index contributed by atoms with van der Waals surface area (Å²) in [7, 11) is -4.34. The number of hydrogen-bond donors (Lipinski definition) is 2. The Kier molecular flexibility index (Phi) is 6.63. The Bertz CT molecular complexity index is 416. The fraction of sp³-hybridized carbons (Fsp3) is 0.500. The van der Waals surface area contributed by atoms with Gasteiger partial charge in [0.2, 0.25) is 0 Å². The van der Waals surface area contributed by atoms with Gasteiger partial charge in [0.15, 0.2) is 0 Å². The van der Waals surface area contributed by atoms with Gasteiger partial charge in [-0.1, -0.05) is 0 Å².